The highest BCUT2D eigenvalue weighted by atomic mass is 16.5. The fraction of sp³-hybridized carbons (Fsp3) is 0.286. The van der Waals surface area contributed by atoms with Gasteiger partial charge in [-0.15, -0.1) is 0 Å². The van der Waals surface area contributed by atoms with Crippen LogP contribution in [0.3, 0.4) is 0 Å². The molecule has 5 nitrogen and oxygen atoms in total. The van der Waals surface area contributed by atoms with E-state index < -0.39 is 0 Å². The number of nitrogens with zero attached hydrogens (tertiary/aromatic N) is 3. The molecule has 1 fully saturated rings. The first-order valence-corrected chi connectivity index (χ1v) is 6.40. The van der Waals surface area contributed by atoms with E-state index >= 15 is 0 Å². The number of rotatable bonds is 3. The van der Waals surface area contributed by atoms with Gasteiger partial charge in [-0.1, -0.05) is 18.2 Å². The summed E-state index contributed by atoms with van der Waals surface area (Å²) in [5.41, 5.74) is 0.988. The normalized spacial score (nSPS) is 15.3. The predicted molar refractivity (Wildman–Crippen MR) is 74.8 cm³/mol. The first-order valence-electron chi connectivity index (χ1n) is 6.40. The first kappa shape index (κ1) is 11.9. The molecule has 0 amide bonds. The van der Waals surface area contributed by atoms with Crippen LogP contribution in [0.5, 0.6) is 0 Å². The summed E-state index contributed by atoms with van der Waals surface area (Å²) in [6, 6.07) is 11.9. The lowest BCUT2D eigenvalue weighted by Crippen LogP contribution is -2.36. The highest BCUT2D eigenvalue weighted by Gasteiger charge is 2.12. The van der Waals surface area contributed by atoms with Crippen LogP contribution >= 0.6 is 0 Å². The van der Waals surface area contributed by atoms with Gasteiger partial charge in [-0.05, 0) is 18.2 Å². The summed E-state index contributed by atoms with van der Waals surface area (Å²) in [7, 11) is 0. The molecule has 0 spiro atoms. The van der Waals surface area contributed by atoms with Gasteiger partial charge in [0.1, 0.15) is 5.82 Å². The smallest absolute Gasteiger partial charge is 0.229 e. The summed E-state index contributed by atoms with van der Waals surface area (Å²) in [5.74, 6) is 1.56. The third kappa shape index (κ3) is 3.00. The molecule has 0 aliphatic carbocycles. The van der Waals surface area contributed by atoms with Gasteiger partial charge in [-0.2, -0.15) is 4.98 Å². The lowest BCUT2D eigenvalue weighted by molar-refractivity contribution is 0.122. The maximum absolute atomic E-state index is 5.35. The van der Waals surface area contributed by atoms with Crippen LogP contribution in [0.2, 0.25) is 0 Å². The number of anilines is 3. The highest BCUT2D eigenvalue weighted by Crippen LogP contribution is 2.16. The van der Waals surface area contributed by atoms with Crippen molar-refractivity contribution in [1.29, 1.82) is 0 Å². The molecule has 1 aliphatic rings. The molecule has 0 bridgehead atoms. The molecular formula is C14H16N4O. The Morgan fingerprint density at radius 3 is 2.63 bits per heavy atom. The summed E-state index contributed by atoms with van der Waals surface area (Å²) in [5, 5.41) is 3.20. The van der Waals surface area contributed by atoms with Crippen LogP contribution in [0.25, 0.3) is 0 Å². The van der Waals surface area contributed by atoms with Crippen LogP contribution < -0.4 is 10.2 Å². The van der Waals surface area contributed by atoms with Crippen LogP contribution in [0.15, 0.2) is 42.6 Å². The number of morpholine rings is 1. The van der Waals surface area contributed by atoms with Crippen molar-refractivity contribution in [2.24, 2.45) is 0 Å². The third-order valence-corrected chi connectivity index (χ3v) is 3.01. The van der Waals surface area contributed by atoms with Gasteiger partial charge < -0.3 is 15.0 Å². The summed E-state index contributed by atoms with van der Waals surface area (Å²) in [6.45, 7) is 3.26. The van der Waals surface area contributed by atoms with Gasteiger partial charge in [0, 0.05) is 25.0 Å². The van der Waals surface area contributed by atoms with Gasteiger partial charge in [0.25, 0.3) is 0 Å². The van der Waals surface area contributed by atoms with Gasteiger partial charge in [-0.3, -0.25) is 0 Å². The fourth-order valence-corrected chi connectivity index (χ4v) is 2.03. The average Bonchev–Trinajstić information content (AvgIpc) is 2.49. The molecule has 1 aliphatic heterocycles. The van der Waals surface area contributed by atoms with Gasteiger partial charge in [-0.25, -0.2) is 4.98 Å². The molecule has 19 heavy (non-hydrogen) atoms. The Kier molecular flexibility index (Phi) is 3.56. The van der Waals surface area contributed by atoms with Crippen molar-refractivity contribution in [3.8, 4) is 0 Å². The summed E-state index contributed by atoms with van der Waals surface area (Å²) in [6.07, 6.45) is 1.78. The van der Waals surface area contributed by atoms with E-state index in [2.05, 4.69) is 20.2 Å². The minimum atomic E-state index is 0.621. The quantitative estimate of drug-likeness (QED) is 0.911. The van der Waals surface area contributed by atoms with Crippen LogP contribution in [0, 0.1) is 0 Å². The van der Waals surface area contributed by atoms with Gasteiger partial charge >= 0.3 is 0 Å². The Morgan fingerprint density at radius 1 is 1.05 bits per heavy atom. The minimum Gasteiger partial charge on any atom is -0.378 e. The van der Waals surface area contributed by atoms with E-state index in [1.807, 2.05) is 36.4 Å². The van der Waals surface area contributed by atoms with E-state index in [0.29, 0.717) is 5.95 Å². The molecule has 0 saturated carbocycles. The van der Waals surface area contributed by atoms with Crippen LogP contribution in [0.1, 0.15) is 0 Å². The van der Waals surface area contributed by atoms with E-state index in [4.69, 9.17) is 4.74 Å². The zero-order valence-corrected chi connectivity index (χ0v) is 10.6. The fourth-order valence-electron chi connectivity index (χ4n) is 2.03. The number of ether oxygens (including phenoxy) is 1. The number of aromatic nitrogens is 2. The highest BCUT2D eigenvalue weighted by molar-refractivity contribution is 5.54. The zero-order valence-electron chi connectivity index (χ0n) is 10.6. The number of para-hydroxylation sites is 1. The number of benzene rings is 1. The SMILES string of the molecule is c1ccc(Nc2nccc(N3CCOCC3)n2)cc1. The van der Waals surface area contributed by atoms with Gasteiger partial charge in [0.2, 0.25) is 5.95 Å². The molecule has 5 heteroatoms. The topological polar surface area (TPSA) is 50.3 Å². The van der Waals surface area contributed by atoms with Crippen molar-refractivity contribution < 1.29 is 4.74 Å². The van der Waals surface area contributed by atoms with E-state index in [0.717, 1.165) is 37.8 Å². The Hall–Kier alpha value is -2.14. The van der Waals surface area contributed by atoms with E-state index in [1.165, 1.54) is 0 Å². The van der Waals surface area contributed by atoms with Crippen molar-refractivity contribution in [2.75, 3.05) is 36.5 Å². The van der Waals surface area contributed by atoms with E-state index in [1.54, 1.807) is 6.20 Å². The third-order valence-electron chi connectivity index (χ3n) is 3.01. The molecule has 2 aromatic rings. The summed E-state index contributed by atoms with van der Waals surface area (Å²) < 4.78 is 5.35. The predicted octanol–water partition coefficient (Wildman–Crippen LogP) is 2.06. The molecule has 98 valence electrons. The summed E-state index contributed by atoms with van der Waals surface area (Å²) >= 11 is 0. The lowest BCUT2D eigenvalue weighted by Gasteiger charge is -2.27. The van der Waals surface area contributed by atoms with Crippen LogP contribution in [-0.4, -0.2) is 36.3 Å². The van der Waals surface area contributed by atoms with Crippen molar-refractivity contribution >= 4 is 17.5 Å². The molecule has 1 aromatic heterocycles. The maximum Gasteiger partial charge on any atom is 0.229 e. The van der Waals surface area contributed by atoms with Crippen LogP contribution in [0.4, 0.5) is 17.5 Å². The monoisotopic (exact) mass is 256 g/mol. The Bertz CT molecular complexity index is 526. The second-order valence-electron chi connectivity index (χ2n) is 4.33. The second-order valence-corrected chi connectivity index (χ2v) is 4.33. The largest absolute Gasteiger partial charge is 0.378 e. The Balaban J connectivity index is 1.76. The average molecular weight is 256 g/mol. The molecule has 0 radical (unpaired) electrons. The van der Waals surface area contributed by atoms with Gasteiger partial charge in [0.15, 0.2) is 0 Å². The Labute approximate surface area is 112 Å². The lowest BCUT2D eigenvalue weighted by atomic mass is 10.3. The maximum atomic E-state index is 5.35. The number of nitrogens with one attached hydrogen (secondary N) is 1. The zero-order chi connectivity index (χ0) is 12.9. The van der Waals surface area contributed by atoms with Gasteiger partial charge in [0.05, 0.1) is 13.2 Å². The van der Waals surface area contributed by atoms with Crippen LogP contribution in [-0.2, 0) is 4.74 Å². The van der Waals surface area contributed by atoms with Crippen molar-refractivity contribution in [1.82, 2.24) is 9.97 Å². The van der Waals surface area contributed by atoms with Crippen molar-refractivity contribution in [3.63, 3.8) is 0 Å². The molecule has 0 unspecified atom stereocenters. The van der Waals surface area contributed by atoms with E-state index in [-0.39, 0.29) is 0 Å². The molecule has 3 rings (SSSR count). The molecule has 1 saturated heterocycles. The minimum absolute atomic E-state index is 0.621. The molecule has 0 atom stereocenters. The summed E-state index contributed by atoms with van der Waals surface area (Å²) in [4.78, 5) is 11.0. The molecular weight excluding hydrogens is 240 g/mol. The van der Waals surface area contributed by atoms with Crippen molar-refractivity contribution in [2.45, 2.75) is 0 Å². The first-order chi connectivity index (χ1) is 9.42. The van der Waals surface area contributed by atoms with Crippen molar-refractivity contribution in [3.05, 3.63) is 42.6 Å². The second kappa shape index (κ2) is 5.67. The molecule has 1 aromatic carbocycles. The van der Waals surface area contributed by atoms with E-state index in [9.17, 15) is 0 Å². The number of hydrogen-bond donors (Lipinski definition) is 1. The number of hydrogen-bond acceptors (Lipinski definition) is 5. The standard InChI is InChI=1S/C14H16N4O/c1-2-4-12(5-3-1)16-14-15-7-6-13(17-14)18-8-10-19-11-9-18/h1-7H,8-11H2,(H,15,16,17). The molecule has 1 N–H and O–H groups in total. The Morgan fingerprint density at radius 2 is 1.84 bits per heavy atom. The molecule has 2 heterocycles.